The Morgan fingerprint density at radius 1 is 1.15 bits per heavy atom. The Kier molecular flexibility index (Phi) is 5.85. The number of halogens is 2. The molecule has 2 aromatic rings. The molecule has 6 nitrogen and oxygen atoms in total. The number of rotatable bonds is 5. The number of hydrogen-bond donors (Lipinski definition) is 1. The predicted molar refractivity (Wildman–Crippen MR) is 99.7 cm³/mol. The summed E-state index contributed by atoms with van der Waals surface area (Å²) in [5, 5.41) is 4.91. The standard InChI is InChI=1S/C18H16Cl2N2O4/c1-11(12-2-4-16-17(8-12)25-7-6-24-16)21-22-18(23)10-26-15-5-3-13(19)9-14(15)20/h2-5,8-9H,6-7,10H2,1H3,(H,22,23)/b21-11-. The minimum Gasteiger partial charge on any atom is -0.486 e. The number of benzene rings is 2. The minimum atomic E-state index is -0.409. The van der Waals surface area contributed by atoms with Gasteiger partial charge in [0.2, 0.25) is 0 Å². The first-order valence-corrected chi connectivity index (χ1v) is 8.59. The van der Waals surface area contributed by atoms with Gasteiger partial charge in [-0.2, -0.15) is 5.10 Å². The zero-order valence-electron chi connectivity index (χ0n) is 13.9. The molecule has 1 aliphatic heterocycles. The molecule has 1 amide bonds. The van der Waals surface area contributed by atoms with Gasteiger partial charge in [-0.05, 0) is 43.3 Å². The number of carbonyl (C=O) groups excluding carboxylic acids is 1. The Morgan fingerprint density at radius 2 is 1.92 bits per heavy atom. The number of nitrogens with zero attached hydrogens (tertiary/aromatic N) is 1. The van der Waals surface area contributed by atoms with E-state index in [-0.39, 0.29) is 6.61 Å². The van der Waals surface area contributed by atoms with Crippen LogP contribution in [0.3, 0.4) is 0 Å². The SMILES string of the molecule is C/C(=N/NC(=O)COc1ccc(Cl)cc1Cl)c1ccc2c(c1)OCCO2. The van der Waals surface area contributed by atoms with Gasteiger partial charge < -0.3 is 14.2 Å². The van der Waals surface area contributed by atoms with Crippen LogP contribution in [-0.2, 0) is 4.79 Å². The first-order valence-electron chi connectivity index (χ1n) is 7.84. The van der Waals surface area contributed by atoms with Crippen molar-refractivity contribution < 1.29 is 19.0 Å². The highest BCUT2D eigenvalue weighted by molar-refractivity contribution is 6.35. The van der Waals surface area contributed by atoms with E-state index < -0.39 is 5.91 Å². The van der Waals surface area contributed by atoms with Crippen molar-refractivity contribution in [3.05, 3.63) is 52.0 Å². The number of hydrogen-bond acceptors (Lipinski definition) is 5. The van der Waals surface area contributed by atoms with E-state index in [4.69, 9.17) is 37.4 Å². The van der Waals surface area contributed by atoms with Gasteiger partial charge >= 0.3 is 0 Å². The van der Waals surface area contributed by atoms with Gasteiger partial charge in [0.05, 0.1) is 10.7 Å². The Morgan fingerprint density at radius 3 is 2.69 bits per heavy atom. The normalized spacial score (nSPS) is 13.3. The van der Waals surface area contributed by atoms with Crippen LogP contribution < -0.4 is 19.6 Å². The van der Waals surface area contributed by atoms with Crippen molar-refractivity contribution in [3.8, 4) is 17.2 Å². The summed E-state index contributed by atoms with van der Waals surface area (Å²) in [6, 6.07) is 10.3. The van der Waals surface area contributed by atoms with Crippen LogP contribution in [0.2, 0.25) is 10.0 Å². The zero-order chi connectivity index (χ0) is 18.5. The molecule has 1 aliphatic rings. The van der Waals surface area contributed by atoms with E-state index in [1.807, 2.05) is 18.2 Å². The lowest BCUT2D eigenvalue weighted by atomic mass is 10.1. The van der Waals surface area contributed by atoms with Gasteiger partial charge in [-0.25, -0.2) is 5.43 Å². The maximum absolute atomic E-state index is 11.9. The highest BCUT2D eigenvalue weighted by atomic mass is 35.5. The van der Waals surface area contributed by atoms with Gasteiger partial charge in [0.1, 0.15) is 19.0 Å². The van der Waals surface area contributed by atoms with Gasteiger partial charge in [-0.3, -0.25) is 4.79 Å². The Labute approximate surface area is 160 Å². The number of amides is 1. The molecule has 0 radical (unpaired) electrons. The van der Waals surface area contributed by atoms with E-state index in [9.17, 15) is 4.79 Å². The molecule has 2 aromatic carbocycles. The molecule has 0 bridgehead atoms. The van der Waals surface area contributed by atoms with Crippen molar-refractivity contribution in [2.75, 3.05) is 19.8 Å². The highest BCUT2D eigenvalue weighted by Gasteiger charge is 2.13. The van der Waals surface area contributed by atoms with Crippen LogP contribution in [0.4, 0.5) is 0 Å². The molecule has 0 fully saturated rings. The molecule has 1 heterocycles. The fourth-order valence-corrected chi connectivity index (χ4v) is 2.71. The molecule has 8 heteroatoms. The van der Waals surface area contributed by atoms with Crippen LogP contribution in [0, 0.1) is 0 Å². The lowest BCUT2D eigenvalue weighted by Gasteiger charge is -2.18. The van der Waals surface area contributed by atoms with Gasteiger partial charge in [0.15, 0.2) is 18.1 Å². The molecular formula is C18H16Cl2N2O4. The van der Waals surface area contributed by atoms with Crippen LogP contribution in [-0.4, -0.2) is 31.4 Å². The molecule has 0 aliphatic carbocycles. The average Bonchev–Trinajstić information content (AvgIpc) is 2.65. The fourth-order valence-electron chi connectivity index (χ4n) is 2.25. The lowest BCUT2D eigenvalue weighted by molar-refractivity contribution is -0.123. The number of nitrogens with one attached hydrogen (secondary N) is 1. The number of hydrazone groups is 1. The molecule has 136 valence electrons. The Bertz CT molecular complexity index is 855. The maximum atomic E-state index is 11.9. The van der Waals surface area contributed by atoms with Crippen LogP contribution in [0.25, 0.3) is 0 Å². The van der Waals surface area contributed by atoms with Gasteiger partial charge in [0.25, 0.3) is 5.91 Å². The second-order valence-corrected chi connectivity index (χ2v) is 6.30. The van der Waals surface area contributed by atoms with Crippen molar-refractivity contribution in [2.45, 2.75) is 6.92 Å². The van der Waals surface area contributed by atoms with Crippen molar-refractivity contribution in [1.82, 2.24) is 5.43 Å². The Hall–Kier alpha value is -2.44. The third-order valence-electron chi connectivity index (χ3n) is 3.56. The third-order valence-corrected chi connectivity index (χ3v) is 4.09. The van der Waals surface area contributed by atoms with Crippen LogP contribution in [0.5, 0.6) is 17.2 Å². The molecule has 0 saturated heterocycles. The summed E-state index contributed by atoms with van der Waals surface area (Å²) >= 11 is 11.8. The molecule has 0 spiro atoms. The molecule has 0 saturated carbocycles. The van der Waals surface area contributed by atoms with Crippen molar-refractivity contribution in [2.24, 2.45) is 5.10 Å². The second-order valence-electron chi connectivity index (χ2n) is 5.45. The average molecular weight is 395 g/mol. The van der Waals surface area contributed by atoms with Gasteiger partial charge in [-0.15, -0.1) is 0 Å². The molecule has 1 N–H and O–H groups in total. The third kappa shape index (κ3) is 4.59. The minimum absolute atomic E-state index is 0.223. The van der Waals surface area contributed by atoms with Gasteiger partial charge in [-0.1, -0.05) is 23.2 Å². The number of ether oxygens (including phenoxy) is 3. The highest BCUT2D eigenvalue weighted by Crippen LogP contribution is 2.31. The summed E-state index contributed by atoms with van der Waals surface area (Å²) in [4.78, 5) is 11.9. The largest absolute Gasteiger partial charge is 0.486 e. The number of carbonyl (C=O) groups is 1. The van der Waals surface area contributed by atoms with Crippen molar-refractivity contribution >= 4 is 34.8 Å². The van der Waals surface area contributed by atoms with E-state index in [1.54, 1.807) is 25.1 Å². The molecule has 0 aromatic heterocycles. The monoisotopic (exact) mass is 394 g/mol. The predicted octanol–water partition coefficient (Wildman–Crippen LogP) is 3.68. The van der Waals surface area contributed by atoms with E-state index in [0.29, 0.717) is 46.2 Å². The van der Waals surface area contributed by atoms with E-state index in [1.165, 1.54) is 0 Å². The van der Waals surface area contributed by atoms with Crippen LogP contribution >= 0.6 is 23.2 Å². The van der Waals surface area contributed by atoms with Gasteiger partial charge in [0, 0.05) is 10.6 Å². The smallest absolute Gasteiger partial charge is 0.277 e. The first-order chi connectivity index (χ1) is 12.5. The van der Waals surface area contributed by atoms with E-state index in [0.717, 1.165) is 5.56 Å². The van der Waals surface area contributed by atoms with Crippen molar-refractivity contribution in [1.29, 1.82) is 0 Å². The summed E-state index contributed by atoms with van der Waals surface area (Å²) in [6.45, 7) is 2.60. The first kappa shape index (κ1) is 18.4. The summed E-state index contributed by atoms with van der Waals surface area (Å²) < 4.78 is 16.4. The topological polar surface area (TPSA) is 69.2 Å². The molecule has 26 heavy (non-hydrogen) atoms. The van der Waals surface area contributed by atoms with Crippen LogP contribution in [0.15, 0.2) is 41.5 Å². The Balaban J connectivity index is 1.57. The summed E-state index contributed by atoms with van der Waals surface area (Å²) in [5.41, 5.74) is 3.89. The number of fused-ring (bicyclic) bond motifs is 1. The molecule has 0 unspecified atom stereocenters. The molecule has 0 atom stereocenters. The summed E-state index contributed by atoms with van der Waals surface area (Å²) in [6.07, 6.45) is 0. The van der Waals surface area contributed by atoms with Crippen LogP contribution in [0.1, 0.15) is 12.5 Å². The quantitative estimate of drug-likeness (QED) is 0.620. The lowest BCUT2D eigenvalue weighted by Crippen LogP contribution is -2.25. The molecule has 3 rings (SSSR count). The zero-order valence-corrected chi connectivity index (χ0v) is 15.4. The molecular weight excluding hydrogens is 379 g/mol. The fraction of sp³-hybridized carbons (Fsp3) is 0.222. The van der Waals surface area contributed by atoms with E-state index >= 15 is 0 Å². The summed E-state index contributed by atoms with van der Waals surface area (Å²) in [7, 11) is 0. The second kappa shape index (κ2) is 8.29. The van der Waals surface area contributed by atoms with E-state index in [2.05, 4.69) is 10.5 Å². The maximum Gasteiger partial charge on any atom is 0.277 e. The summed E-state index contributed by atoms with van der Waals surface area (Å²) in [5.74, 6) is 1.33. The van der Waals surface area contributed by atoms with Crippen molar-refractivity contribution in [3.63, 3.8) is 0 Å².